The van der Waals surface area contributed by atoms with Gasteiger partial charge in [0.05, 0.1) is 12.6 Å². The predicted octanol–water partition coefficient (Wildman–Crippen LogP) is 1.48. The van der Waals surface area contributed by atoms with Crippen molar-refractivity contribution in [3.8, 4) is 0 Å². The second-order valence-electron chi connectivity index (χ2n) is 5.33. The molecule has 0 saturated carbocycles. The summed E-state index contributed by atoms with van der Waals surface area (Å²) in [4.78, 5) is 6.34. The molecule has 1 aliphatic rings. The number of hydrogen-bond acceptors (Lipinski definition) is 4. The molecule has 5 heteroatoms. The fraction of sp³-hybridized carbons (Fsp3) is 0.467. The summed E-state index contributed by atoms with van der Waals surface area (Å²) in [6.45, 7) is 2.58. The van der Waals surface area contributed by atoms with Crippen LogP contribution in [0.5, 0.6) is 0 Å². The van der Waals surface area contributed by atoms with Gasteiger partial charge >= 0.3 is 0 Å². The number of rotatable bonds is 5. The first kappa shape index (κ1) is 13.3. The number of nitrogens with zero attached hydrogens (tertiary/aromatic N) is 4. The van der Waals surface area contributed by atoms with Gasteiger partial charge in [0, 0.05) is 12.6 Å². The lowest BCUT2D eigenvalue weighted by molar-refractivity contribution is 0.100. The molecule has 0 radical (unpaired) electrons. The van der Waals surface area contributed by atoms with Crippen LogP contribution in [0.2, 0.25) is 0 Å². The second kappa shape index (κ2) is 6.15. The summed E-state index contributed by atoms with van der Waals surface area (Å²) in [6, 6.07) is 10.3. The maximum Gasteiger partial charge on any atom is 0.137 e. The highest BCUT2D eigenvalue weighted by Crippen LogP contribution is 2.22. The molecule has 1 N–H and O–H groups in total. The quantitative estimate of drug-likeness (QED) is 0.895. The Hall–Kier alpha value is -1.72. The SMILES string of the molecule is OC(CN1CCCC1Cn1cncn1)c1ccccc1. The molecule has 2 unspecified atom stereocenters. The Morgan fingerprint density at radius 1 is 1.30 bits per heavy atom. The number of hydrogen-bond donors (Lipinski definition) is 1. The van der Waals surface area contributed by atoms with E-state index in [-0.39, 0.29) is 0 Å². The van der Waals surface area contributed by atoms with Crippen molar-refractivity contribution in [1.82, 2.24) is 19.7 Å². The zero-order chi connectivity index (χ0) is 13.8. The van der Waals surface area contributed by atoms with E-state index >= 15 is 0 Å². The van der Waals surface area contributed by atoms with Gasteiger partial charge in [0.1, 0.15) is 12.7 Å². The summed E-state index contributed by atoms with van der Waals surface area (Å²) >= 11 is 0. The molecule has 1 aliphatic heterocycles. The van der Waals surface area contributed by atoms with Crippen molar-refractivity contribution in [3.63, 3.8) is 0 Å². The van der Waals surface area contributed by atoms with Crippen LogP contribution in [0.25, 0.3) is 0 Å². The third kappa shape index (κ3) is 3.05. The first-order valence-electron chi connectivity index (χ1n) is 7.12. The molecule has 1 aromatic heterocycles. The maximum absolute atomic E-state index is 10.3. The third-order valence-electron chi connectivity index (χ3n) is 3.96. The topological polar surface area (TPSA) is 54.2 Å². The standard InChI is InChI=1S/C15H20N4O/c20-15(13-5-2-1-3-6-13)10-18-8-4-7-14(18)9-19-12-16-11-17-19/h1-3,5-6,11-12,14-15,20H,4,7-10H2. The Balaban J connectivity index is 1.61. The van der Waals surface area contributed by atoms with E-state index in [1.807, 2.05) is 35.0 Å². The molecule has 0 aliphatic carbocycles. The molecule has 2 atom stereocenters. The lowest BCUT2D eigenvalue weighted by Gasteiger charge is -2.26. The predicted molar refractivity (Wildman–Crippen MR) is 76.0 cm³/mol. The van der Waals surface area contributed by atoms with Crippen molar-refractivity contribution in [1.29, 1.82) is 0 Å². The average Bonchev–Trinajstić information content (AvgIpc) is 3.13. The van der Waals surface area contributed by atoms with Crippen LogP contribution in [0.1, 0.15) is 24.5 Å². The van der Waals surface area contributed by atoms with Gasteiger partial charge in [-0.25, -0.2) is 4.98 Å². The van der Waals surface area contributed by atoms with Gasteiger partial charge in [-0.05, 0) is 24.9 Å². The fourth-order valence-corrected chi connectivity index (χ4v) is 2.89. The molecule has 5 nitrogen and oxygen atoms in total. The van der Waals surface area contributed by atoms with Gasteiger partial charge in [-0.1, -0.05) is 30.3 Å². The first-order valence-corrected chi connectivity index (χ1v) is 7.12. The number of aliphatic hydroxyl groups is 1. The van der Waals surface area contributed by atoms with Crippen molar-refractivity contribution in [2.75, 3.05) is 13.1 Å². The minimum absolute atomic E-state index is 0.424. The van der Waals surface area contributed by atoms with E-state index in [1.165, 1.54) is 6.42 Å². The Labute approximate surface area is 118 Å². The van der Waals surface area contributed by atoms with Gasteiger partial charge in [0.15, 0.2) is 0 Å². The molecule has 1 saturated heterocycles. The molecule has 2 heterocycles. The minimum Gasteiger partial charge on any atom is -0.387 e. The van der Waals surface area contributed by atoms with Gasteiger partial charge in [-0.15, -0.1) is 0 Å². The number of aromatic nitrogens is 3. The molecule has 1 aromatic carbocycles. The normalized spacial score (nSPS) is 21.1. The summed E-state index contributed by atoms with van der Waals surface area (Å²) in [5, 5.41) is 14.5. The number of benzene rings is 1. The van der Waals surface area contributed by atoms with Crippen LogP contribution in [0, 0.1) is 0 Å². The minimum atomic E-state index is -0.424. The van der Waals surface area contributed by atoms with Crippen molar-refractivity contribution in [3.05, 3.63) is 48.5 Å². The number of aliphatic hydroxyl groups excluding tert-OH is 1. The van der Waals surface area contributed by atoms with Gasteiger partial charge in [-0.2, -0.15) is 5.10 Å². The Bertz CT molecular complexity index is 514. The van der Waals surface area contributed by atoms with E-state index in [2.05, 4.69) is 15.0 Å². The van der Waals surface area contributed by atoms with Crippen molar-refractivity contribution >= 4 is 0 Å². The molecule has 20 heavy (non-hydrogen) atoms. The first-order chi connectivity index (χ1) is 9.83. The van der Waals surface area contributed by atoms with Crippen LogP contribution in [0.15, 0.2) is 43.0 Å². The van der Waals surface area contributed by atoms with Gasteiger partial charge in [0.25, 0.3) is 0 Å². The van der Waals surface area contributed by atoms with E-state index < -0.39 is 6.10 Å². The molecule has 3 rings (SSSR count). The largest absolute Gasteiger partial charge is 0.387 e. The zero-order valence-electron chi connectivity index (χ0n) is 11.5. The molecule has 0 bridgehead atoms. The third-order valence-corrected chi connectivity index (χ3v) is 3.96. The van der Waals surface area contributed by atoms with Crippen LogP contribution in [-0.4, -0.2) is 43.9 Å². The lowest BCUT2D eigenvalue weighted by Crippen LogP contribution is -2.36. The Morgan fingerprint density at radius 3 is 2.90 bits per heavy atom. The molecule has 106 valence electrons. The van der Waals surface area contributed by atoms with Crippen LogP contribution in [0.3, 0.4) is 0 Å². The lowest BCUT2D eigenvalue weighted by atomic mass is 10.1. The van der Waals surface area contributed by atoms with Crippen LogP contribution in [-0.2, 0) is 6.54 Å². The zero-order valence-corrected chi connectivity index (χ0v) is 11.5. The van der Waals surface area contributed by atoms with Gasteiger partial charge in [-0.3, -0.25) is 9.58 Å². The fourth-order valence-electron chi connectivity index (χ4n) is 2.89. The molecular formula is C15H20N4O. The molecule has 0 spiro atoms. The van der Waals surface area contributed by atoms with Crippen molar-refractivity contribution in [2.45, 2.75) is 31.5 Å². The monoisotopic (exact) mass is 272 g/mol. The summed E-state index contributed by atoms with van der Waals surface area (Å²) < 4.78 is 1.87. The average molecular weight is 272 g/mol. The number of β-amino-alcohol motifs (C(OH)–C–C–N with tert-alkyl or cyclic N) is 1. The molecular weight excluding hydrogens is 252 g/mol. The van der Waals surface area contributed by atoms with E-state index in [4.69, 9.17) is 0 Å². The highest BCUT2D eigenvalue weighted by atomic mass is 16.3. The summed E-state index contributed by atoms with van der Waals surface area (Å²) in [6.07, 6.45) is 5.23. The summed E-state index contributed by atoms with van der Waals surface area (Å²) in [5.74, 6) is 0. The van der Waals surface area contributed by atoms with Crippen LogP contribution in [0.4, 0.5) is 0 Å². The molecule has 1 fully saturated rings. The van der Waals surface area contributed by atoms with Crippen LogP contribution >= 0.6 is 0 Å². The van der Waals surface area contributed by atoms with Crippen molar-refractivity contribution < 1.29 is 5.11 Å². The van der Waals surface area contributed by atoms with E-state index in [0.717, 1.165) is 25.1 Å². The van der Waals surface area contributed by atoms with E-state index in [1.54, 1.807) is 12.7 Å². The van der Waals surface area contributed by atoms with E-state index in [0.29, 0.717) is 12.6 Å². The summed E-state index contributed by atoms with van der Waals surface area (Å²) in [7, 11) is 0. The molecule has 2 aromatic rings. The number of likely N-dealkylation sites (tertiary alicyclic amines) is 1. The highest BCUT2D eigenvalue weighted by Gasteiger charge is 2.27. The highest BCUT2D eigenvalue weighted by molar-refractivity contribution is 5.17. The molecule has 0 amide bonds. The second-order valence-corrected chi connectivity index (χ2v) is 5.33. The Morgan fingerprint density at radius 2 is 2.15 bits per heavy atom. The van der Waals surface area contributed by atoms with E-state index in [9.17, 15) is 5.11 Å². The summed E-state index contributed by atoms with van der Waals surface area (Å²) in [5.41, 5.74) is 0.985. The van der Waals surface area contributed by atoms with Gasteiger partial charge in [0.2, 0.25) is 0 Å². The van der Waals surface area contributed by atoms with Crippen LogP contribution < -0.4 is 0 Å². The smallest absolute Gasteiger partial charge is 0.137 e. The van der Waals surface area contributed by atoms with Gasteiger partial charge < -0.3 is 5.11 Å². The Kier molecular flexibility index (Phi) is 4.08. The maximum atomic E-state index is 10.3. The van der Waals surface area contributed by atoms with Crippen molar-refractivity contribution in [2.24, 2.45) is 0 Å².